The maximum Gasteiger partial charge on any atom is 0.573 e. The third kappa shape index (κ3) is 6.35. The zero-order valence-electron chi connectivity index (χ0n) is 13.1. The Morgan fingerprint density at radius 3 is 2.28 bits per heavy atom. The molecule has 1 atom stereocenters. The molecular formula is C15H17F7N2O. The largest absolute Gasteiger partial charge is 0.573 e. The van der Waals surface area contributed by atoms with Crippen LogP contribution in [-0.2, 0) is 0 Å². The van der Waals surface area contributed by atoms with E-state index in [1.54, 1.807) is 4.90 Å². The van der Waals surface area contributed by atoms with E-state index in [2.05, 4.69) is 10.1 Å². The molecule has 10 heteroatoms. The van der Waals surface area contributed by atoms with E-state index in [-0.39, 0.29) is 5.56 Å². The highest BCUT2D eigenvalue weighted by Gasteiger charge is 2.34. The number of benzene rings is 1. The quantitative estimate of drug-likeness (QED) is 0.789. The average molecular weight is 374 g/mol. The van der Waals surface area contributed by atoms with Crippen LogP contribution < -0.4 is 10.1 Å². The minimum absolute atomic E-state index is 0.229. The lowest BCUT2D eigenvalue weighted by Crippen LogP contribution is -2.45. The first-order valence-corrected chi connectivity index (χ1v) is 7.62. The molecule has 1 aliphatic rings. The fourth-order valence-corrected chi connectivity index (χ4v) is 2.80. The Kier molecular flexibility index (Phi) is 6.15. The van der Waals surface area contributed by atoms with Crippen LogP contribution in [0.2, 0.25) is 0 Å². The van der Waals surface area contributed by atoms with Gasteiger partial charge in [-0.15, -0.1) is 13.2 Å². The van der Waals surface area contributed by atoms with E-state index in [0.717, 1.165) is 18.2 Å². The van der Waals surface area contributed by atoms with Crippen LogP contribution in [0.15, 0.2) is 18.2 Å². The number of nitrogens with one attached hydrogen (secondary N) is 1. The van der Waals surface area contributed by atoms with Crippen LogP contribution >= 0.6 is 0 Å². The highest BCUT2D eigenvalue weighted by molar-refractivity contribution is 5.32. The summed E-state index contributed by atoms with van der Waals surface area (Å²) in [5.41, 5.74) is -0.229. The summed E-state index contributed by atoms with van der Waals surface area (Å²) in [4.78, 5) is 1.64. The predicted octanol–water partition coefficient (Wildman–Crippen LogP) is 4.01. The van der Waals surface area contributed by atoms with Crippen molar-refractivity contribution in [2.45, 2.75) is 31.4 Å². The highest BCUT2D eigenvalue weighted by atomic mass is 19.4. The molecule has 0 aromatic heterocycles. The van der Waals surface area contributed by atoms with Gasteiger partial charge in [-0.1, -0.05) is 0 Å². The number of piperazine rings is 1. The maximum atomic E-state index is 14.2. The van der Waals surface area contributed by atoms with Gasteiger partial charge >= 0.3 is 12.5 Å². The summed E-state index contributed by atoms with van der Waals surface area (Å²) in [7, 11) is 0. The van der Waals surface area contributed by atoms with Gasteiger partial charge in [0.1, 0.15) is 11.6 Å². The van der Waals surface area contributed by atoms with E-state index in [1.807, 2.05) is 0 Å². The van der Waals surface area contributed by atoms with Crippen LogP contribution in [0, 0.1) is 5.82 Å². The van der Waals surface area contributed by atoms with Crippen molar-refractivity contribution in [2.75, 3.05) is 26.2 Å². The van der Waals surface area contributed by atoms with Gasteiger partial charge < -0.3 is 10.1 Å². The van der Waals surface area contributed by atoms with Crippen LogP contribution in [0.5, 0.6) is 5.75 Å². The van der Waals surface area contributed by atoms with Crippen LogP contribution in [0.1, 0.15) is 24.4 Å². The summed E-state index contributed by atoms with van der Waals surface area (Å²) in [6.07, 6.45) is -11.0. The Hall–Kier alpha value is -1.55. The molecule has 1 aromatic carbocycles. The second-order valence-corrected chi connectivity index (χ2v) is 5.69. The van der Waals surface area contributed by atoms with E-state index in [9.17, 15) is 30.7 Å². The summed E-state index contributed by atoms with van der Waals surface area (Å²) >= 11 is 0. The predicted molar refractivity (Wildman–Crippen MR) is 75.6 cm³/mol. The molecule has 1 heterocycles. The molecule has 0 unspecified atom stereocenters. The van der Waals surface area contributed by atoms with Crippen molar-refractivity contribution in [3.8, 4) is 5.75 Å². The van der Waals surface area contributed by atoms with Crippen molar-refractivity contribution in [1.82, 2.24) is 10.2 Å². The van der Waals surface area contributed by atoms with Crippen LogP contribution in [0.3, 0.4) is 0 Å². The number of alkyl halides is 6. The average Bonchev–Trinajstić information content (AvgIpc) is 2.49. The van der Waals surface area contributed by atoms with Crippen molar-refractivity contribution >= 4 is 0 Å². The van der Waals surface area contributed by atoms with Gasteiger partial charge in [0.2, 0.25) is 0 Å². The van der Waals surface area contributed by atoms with Gasteiger partial charge in [0.05, 0.1) is 0 Å². The summed E-state index contributed by atoms with van der Waals surface area (Å²) in [6.45, 7) is 1.74. The summed E-state index contributed by atoms with van der Waals surface area (Å²) in [5, 5.41) is 3.02. The van der Waals surface area contributed by atoms with Gasteiger partial charge in [0.15, 0.2) is 0 Å². The van der Waals surface area contributed by atoms with Crippen molar-refractivity contribution in [3.63, 3.8) is 0 Å². The highest BCUT2D eigenvalue weighted by Crippen LogP contribution is 2.35. The van der Waals surface area contributed by atoms with Crippen LogP contribution in [0.4, 0.5) is 30.7 Å². The Labute approximate surface area is 139 Å². The van der Waals surface area contributed by atoms with E-state index in [4.69, 9.17) is 0 Å². The minimum Gasteiger partial charge on any atom is -0.406 e. The molecule has 25 heavy (non-hydrogen) atoms. The Morgan fingerprint density at radius 1 is 1.08 bits per heavy atom. The Balaban J connectivity index is 2.29. The zero-order chi connectivity index (χ0) is 18.7. The molecule has 1 saturated heterocycles. The van der Waals surface area contributed by atoms with Gasteiger partial charge in [-0.05, 0) is 24.6 Å². The molecule has 1 N–H and O–H groups in total. The molecule has 0 radical (unpaired) electrons. The third-order valence-electron chi connectivity index (χ3n) is 3.85. The molecular weight excluding hydrogens is 357 g/mol. The van der Waals surface area contributed by atoms with Crippen molar-refractivity contribution < 1.29 is 35.5 Å². The Bertz CT molecular complexity index is 568. The number of nitrogens with zero attached hydrogens (tertiary/aromatic N) is 1. The standard InChI is InChI=1S/C15H17F7N2O/c16-12-2-1-10(25-15(20,21)22)9-11(12)13(3-4-14(17,18)19)24-7-5-23-6-8-24/h1-2,9,13,23H,3-8H2/t13-/m0/s1. The normalized spacial score (nSPS) is 18.2. The molecule has 0 saturated carbocycles. The lowest BCUT2D eigenvalue weighted by Gasteiger charge is -2.35. The lowest BCUT2D eigenvalue weighted by atomic mass is 9.98. The molecule has 1 aromatic rings. The van der Waals surface area contributed by atoms with E-state index >= 15 is 0 Å². The maximum absolute atomic E-state index is 14.2. The van der Waals surface area contributed by atoms with Gasteiger partial charge in [-0.2, -0.15) is 13.2 Å². The molecule has 1 fully saturated rings. The van der Waals surface area contributed by atoms with E-state index in [1.165, 1.54) is 0 Å². The van der Waals surface area contributed by atoms with E-state index < -0.39 is 43.0 Å². The first-order chi connectivity index (χ1) is 11.6. The third-order valence-corrected chi connectivity index (χ3v) is 3.85. The summed E-state index contributed by atoms with van der Waals surface area (Å²) in [6, 6.07) is 1.41. The number of hydrogen-bond acceptors (Lipinski definition) is 3. The first-order valence-electron chi connectivity index (χ1n) is 7.62. The summed E-state index contributed by atoms with van der Waals surface area (Å²) < 4.78 is 92.8. The topological polar surface area (TPSA) is 24.5 Å². The second kappa shape index (κ2) is 7.77. The zero-order valence-corrected chi connectivity index (χ0v) is 13.1. The molecule has 2 rings (SSSR count). The molecule has 0 spiro atoms. The molecule has 3 nitrogen and oxygen atoms in total. The molecule has 142 valence electrons. The second-order valence-electron chi connectivity index (χ2n) is 5.69. The molecule has 0 aliphatic carbocycles. The molecule has 0 amide bonds. The lowest BCUT2D eigenvalue weighted by molar-refractivity contribution is -0.274. The van der Waals surface area contributed by atoms with Gasteiger partial charge in [0, 0.05) is 44.2 Å². The SMILES string of the molecule is Fc1ccc(OC(F)(F)F)cc1[C@H](CCC(F)(F)F)N1CCNCC1. The molecule has 0 bridgehead atoms. The monoisotopic (exact) mass is 374 g/mol. The minimum atomic E-state index is -4.97. The molecule has 1 aliphatic heterocycles. The smallest absolute Gasteiger partial charge is 0.406 e. The van der Waals surface area contributed by atoms with Gasteiger partial charge in [0.25, 0.3) is 0 Å². The fraction of sp³-hybridized carbons (Fsp3) is 0.600. The number of rotatable bonds is 5. The first kappa shape index (κ1) is 19.8. The van der Waals surface area contributed by atoms with Crippen molar-refractivity contribution in [3.05, 3.63) is 29.6 Å². The summed E-state index contributed by atoms with van der Waals surface area (Å²) in [5.74, 6) is -1.52. The van der Waals surface area contributed by atoms with Crippen molar-refractivity contribution in [2.24, 2.45) is 0 Å². The number of ether oxygens (including phenoxy) is 1. The number of halogens is 7. The van der Waals surface area contributed by atoms with Crippen LogP contribution in [-0.4, -0.2) is 43.6 Å². The van der Waals surface area contributed by atoms with Crippen molar-refractivity contribution in [1.29, 1.82) is 0 Å². The van der Waals surface area contributed by atoms with Crippen LogP contribution in [0.25, 0.3) is 0 Å². The van der Waals surface area contributed by atoms with Gasteiger partial charge in [-0.3, -0.25) is 4.90 Å². The van der Waals surface area contributed by atoms with Gasteiger partial charge in [-0.25, -0.2) is 4.39 Å². The number of hydrogen-bond donors (Lipinski definition) is 1. The Morgan fingerprint density at radius 2 is 1.72 bits per heavy atom. The van der Waals surface area contributed by atoms with E-state index in [0.29, 0.717) is 26.2 Å². The fourth-order valence-electron chi connectivity index (χ4n) is 2.80.